The van der Waals surface area contributed by atoms with Gasteiger partial charge in [-0.15, -0.1) is 0 Å². The molecule has 0 unspecified atom stereocenters. The topological polar surface area (TPSA) is 59.8 Å². The highest BCUT2D eigenvalue weighted by atomic mass is 16.1. The number of carbonyl (C=O) groups is 1. The Bertz CT molecular complexity index is 1150. The summed E-state index contributed by atoms with van der Waals surface area (Å²) in [5, 5.41) is 7.01. The van der Waals surface area contributed by atoms with E-state index in [2.05, 4.69) is 27.2 Å². The van der Waals surface area contributed by atoms with E-state index in [1.54, 1.807) is 23.1 Å². The molecule has 4 rings (SSSR count). The van der Waals surface area contributed by atoms with Gasteiger partial charge in [0, 0.05) is 22.4 Å². The van der Waals surface area contributed by atoms with E-state index in [-0.39, 0.29) is 5.91 Å². The molecule has 0 bridgehead atoms. The molecule has 0 fully saturated rings. The summed E-state index contributed by atoms with van der Waals surface area (Å²) in [6.07, 6.45) is 3.16. The molecule has 4 aromatic rings. The minimum Gasteiger partial charge on any atom is -0.322 e. The molecular weight excluding hydrogens is 360 g/mol. The van der Waals surface area contributed by atoms with E-state index in [9.17, 15) is 4.79 Å². The minimum atomic E-state index is -0.162. The van der Waals surface area contributed by atoms with Gasteiger partial charge in [0.15, 0.2) is 0 Å². The van der Waals surface area contributed by atoms with Crippen LogP contribution < -0.4 is 5.32 Å². The van der Waals surface area contributed by atoms with Gasteiger partial charge in [-0.2, -0.15) is 5.10 Å². The zero-order valence-electron chi connectivity index (χ0n) is 15.6. The lowest BCUT2D eigenvalue weighted by Crippen LogP contribution is -2.12. The molecule has 5 nitrogen and oxygen atoms in total. The van der Waals surface area contributed by atoms with Crippen LogP contribution in [0.3, 0.4) is 0 Å². The summed E-state index contributed by atoms with van der Waals surface area (Å²) in [6.45, 7) is 0.615. The van der Waals surface area contributed by atoms with Crippen molar-refractivity contribution < 1.29 is 4.79 Å². The molecule has 1 amide bonds. The van der Waals surface area contributed by atoms with Gasteiger partial charge in [0.25, 0.3) is 5.91 Å². The number of benzene rings is 3. The highest BCUT2D eigenvalue weighted by Gasteiger charge is 2.07. The lowest BCUT2D eigenvalue weighted by atomic mass is 10.1. The molecule has 0 aliphatic heterocycles. The van der Waals surface area contributed by atoms with Crippen LogP contribution in [0.5, 0.6) is 0 Å². The van der Waals surface area contributed by atoms with Crippen molar-refractivity contribution in [2.75, 3.05) is 5.32 Å². The molecule has 0 saturated heterocycles. The molecule has 0 aliphatic carbocycles. The zero-order chi connectivity index (χ0) is 19.9. The van der Waals surface area contributed by atoms with Crippen molar-refractivity contribution in [3.05, 3.63) is 114 Å². The number of rotatable bonds is 4. The average Bonchev–Trinajstić information content (AvgIpc) is 3.27. The molecule has 3 aromatic carbocycles. The maximum absolute atomic E-state index is 12.6. The fourth-order valence-electron chi connectivity index (χ4n) is 2.81. The number of hydrogen-bond acceptors (Lipinski definition) is 3. The Morgan fingerprint density at radius 3 is 2.41 bits per heavy atom. The molecule has 140 valence electrons. The summed E-state index contributed by atoms with van der Waals surface area (Å²) in [5.74, 6) is 6.09. The first-order valence-corrected chi connectivity index (χ1v) is 9.16. The smallest absolute Gasteiger partial charge is 0.255 e. The quantitative estimate of drug-likeness (QED) is 0.547. The van der Waals surface area contributed by atoms with Crippen LogP contribution >= 0.6 is 0 Å². The minimum absolute atomic E-state index is 0.162. The van der Waals surface area contributed by atoms with Gasteiger partial charge in [-0.3, -0.25) is 4.79 Å². The lowest BCUT2D eigenvalue weighted by Gasteiger charge is -2.07. The predicted molar refractivity (Wildman–Crippen MR) is 112 cm³/mol. The monoisotopic (exact) mass is 378 g/mol. The Labute approximate surface area is 169 Å². The van der Waals surface area contributed by atoms with E-state index in [1.807, 2.05) is 66.7 Å². The van der Waals surface area contributed by atoms with Crippen molar-refractivity contribution >= 4 is 11.6 Å². The third-order valence-corrected chi connectivity index (χ3v) is 4.27. The van der Waals surface area contributed by atoms with Crippen LogP contribution in [0.2, 0.25) is 0 Å². The maximum atomic E-state index is 12.6. The van der Waals surface area contributed by atoms with Crippen LogP contribution in [0.1, 0.15) is 27.0 Å². The summed E-state index contributed by atoms with van der Waals surface area (Å²) in [4.78, 5) is 16.5. The number of hydrogen-bond donors (Lipinski definition) is 1. The first kappa shape index (κ1) is 18.2. The van der Waals surface area contributed by atoms with E-state index in [0.29, 0.717) is 17.8 Å². The molecule has 0 aliphatic rings. The Morgan fingerprint density at radius 1 is 0.897 bits per heavy atom. The average molecular weight is 378 g/mol. The van der Waals surface area contributed by atoms with Crippen LogP contribution in [0.25, 0.3) is 0 Å². The van der Waals surface area contributed by atoms with Gasteiger partial charge in [-0.1, -0.05) is 48.2 Å². The molecule has 1 heterocycles. The molecule has 5 heteroatoms. The first-order valence-electron chi connectivity index (χ1n) is 9.16. The number of nitrogens with zero attached hydrogens (tertiary/aromatic N) is 3. The van der Waals surface area contributed by atoms with Crippen LogP contribution in [-0.4, -0.2) is 20.7 Å². The van der Waals surface area contributed by atoms with Gasteiger partial charge in [0.05, 0.1) is 6.54 Å². The number of anilines is 1. The van der Waals surface area contributed by atoms with E-state index >= 15 is 0 Å². The van der Waals surface area contributed by atoms with Crippen molar-refractivity contribution in [1.29, 1.82) is 0 Å². The summed E-state index contributed by atoms with van der Waals surface area (Å²) in [5.41, 5.74) is 4.14. The highest BCUT2D eigenvalue weighted by Crippen LogP contribution is 2.13. The van der Waals surface area contributed by atoms with E-state index < -0.39 is 0 Å². The highest BCUT2D eigenvalue weighted by molar-refractivity contribution is 6.04. The van der Waals surface area contributed by atoms with Crippen LogP contribution in [0.4, 0.5) is 5.69 Å². The number of amides is 1. The van der Waals surface area contributed by atoms with E-state index in [1.165, 1.54) is 6.33 Å². The van der Waals surface area contributed by atoms with Crippen molar-refractivity contribution in [3.8, 4) is 11.8 Å². The Morgan fingerprint density at radius 2 is 1.66 bits per heavy atom. The fourth-order valence-corrected chi connectivity index (χ4v) is 2.81. The fraction of sp³-hybridized carbons (Fsp3) is 0.0417. The largest absolute Gasteiger partial charge is 0.322 e. The molecule has 1 aromatic heterocycles. The summed E-state index contributed by atoms with van der Waals surface area (Å²) >= 11 is 0. The number of aromatic nitrogens is 3. The van der Waals surface area contributed by atoms with E-state index in [0.717, 1.165) is 16.7 Å². The van der Waals surface area contributed by atoms with Gasteiger partial charge < -0.3 is 5.32 Å². The van der Waals surface area contributed by atoms with Crippen LogP contribution in [0.15, 0.2) is 91.5 Å². The second-order valence-corrected chi connectivity index (χ2v) is 6.44. The van der Waals surface area contributed by atoms with Gasteiger partial charge in [0.1, 0.15) is 12.7 Å². The molecular formula is C24H18N4O. The third kappa shape index (κ3) is 4.96. The predicted octanol–water partition coefficient (Wildman–Crippen LogP) is 3.98. The van der Waals surface area contributed by atoms with Crippen molar-refractivity contribution in [1.82, 2.24) is 14.8 Å². The molecule has 0 atom stereocenters. The second-order valence-electron chi connectivity index (χ2n) is 6.44. The number of nitrogens with one attached hydrogen (secondary N) is 1. The SMILES string of the molecule is O=C(Nc1cccc(C#Cc2ccccc2)c1)c1ccc(Cn2cncn2)cc1. The molecule has 0 radical (unpaired) electrons. The Hall–Kier alpha value is -4.17. The Balaban J connectivity index is 1.42. The zero-order valence-corrected chi connectivity index (χ0v) is 15.6. The van der Waals surface area contributed by atoms with Crippen molar-refractivity contribution in [2.45, 2.75) is 6.54 Å². The summed E-state index contributed by atoms with van der Waals surface area (Å²) in [7, 11) is 0. The first-order chi connectivity index (χ1) is 14.3. The van der Waals surface area contributed by atoms with E-state index in [4.69, 9.17) is 0 Å². The normalized spacial score (nSPS) is 10.1. The molecule has 0 spiro atoms. The Kier molecular flexibility index (Phi) is 5.45. The maximum Gasteiger partial charge on any atom is 0.255 e. The van der Waals surface area contributed by atoms with Crippen LogP contribution in [0, 0.1) is 11.8 Å². The third-order valence-electron chi connectivity index (χ3n) is 4.27. The summed E-state index contributed by atoms with van der Waals surface area (Å²) in [6, 6.07) is 24.8. The van der Waals surface area contributed by atoms with Crippen molar-refractivity contribution in [2.24, 2.45) is 0 Å². The van der Waals surface area contributed by atoms with Gasteiger partial charge in [0.2, 0.25) is 0 Å². The standard InChI is InChI=1S/C24H18N4O/c29-24(22-13-11-21(12-14-22)16-28-18-25-17-26-28)27-23-8-4-7-20(15-23)10-9-19-5-2-1-3-6-19/h1-8,11-15,17-18H,16H2,(H,27,29). The van der Waals surface area contributed by atoms with Gasteiger partial charge >= 0.3 is 0 Å². The second kappa shape index (κ2) is 8.68. The van der Waals surface area contributed by atoms with Crippen LogP contribution in [-0.2, 0) is 6.54 Å². The summed E-state index contributed by atoms with van der Waals surface area (Å²) < 4.78 is 1.73. The van der Waals surface area contributed by atoms with Crippen molar-refractivity contribution in [3.63, 3.8) is 0 Å². The number of carbonyl (C=O) groups excluding carboxylic acids is 1. The molecule has 29 heavy (non-hydrogen) atoms. The van der Waals surface area contributed by atoms with Gasteiger partial charge in [-0.05, 0) is 48.0 Å². The molecule has 0 saturated carbocycles. The lowest BCUT2D eigenvalue weighted by molar-refractivity contribution is 0.102. The van der Waals surface area contributed by atoms with Gasteiger partial charge in [-0.25, -0.2) is 9.67 Å². The molecule has 1 N–H and O–H groups in total.